The third-order valence-electron chi connectivity index (χ3n) is 3.56. The smallest absolute Gasteiger partial charge is 0.270 e. The molecule has 1 aromatic rings. The van der Waals surface area contributed by atoms with Crippen molar-refractivity contribution in [3.8, 4) is 0 Å². The van der Waals surface area contributed by atoms with Gasteiger partial charge in [-0.2, -0.15) is 0 Å². The maximum absolute atomic E-state index is 11.6. The molecule has 0 bridgehead atoms. The summed E-state index contributed by atoms with van der Waals surface area (Å²) >= 11 is 0. The zero-order valence-electron chi connectivity index (χ0n) is 11.5. The number of rotatable bonds is 5. The number of sulfonamides is 1. The fraction of sp³-hybridized carbons (Fsp3) is 0.500. The second-order valence-electron chi connectivity index (χ2n) is 4.99. The lowest BCUT2D eigenvalue weighted by atomic mass is 10.2. The highest BCUT2D eigenvalue weighted by atomic mass is 32.2. The minimum Gasteiger partial charge on any atom is -0.381 e. The van der Waals surface area contributed by atoms with Crippen LogP contribution in [0, 0.1) is 10.1 Å². The summed E-state index contributed by atoms with van der Waals surface area (Å²) in [5, 5.41) is 19.0. The van der Waals surface area contributed by atoms with E-state index in [9.17, 15) is 18.5 Å². The van der Waals surface area contributed by atoms with Gasteiger partial charge in [0, 0.05) is 25.3 Å². The first-order valence-corrected chi connectivity index (χ1v) is 7.96. The lowest BCUT2D eigenvalue weighted by molar-refractivity contribution is -0.385. The van der Waals surface area contributed by atoms with Crippen LogP contribution in [0.3, 0.4) is 0 Å². The number of nitrogens with one attached hydrogen (secondary N) is 1. The van der Waals surface area contributed by atoms with Gasteiger partial charge in [0.2, 0.25) is 10.0 Å². The Morgan fingerprint density at radius 2 is 2.14 bits per heavy atom. The van der Waals surface area contributed by atoms with E-state index in [2.05, 4.69) is 5.32 Å². The van der Waals surface area contributed by atoms with Crippen LogP contribution in [-0.4, -0.2) is 32.6 Å². The Morgan fingerprint density at radius 1 is 1.43 bits per heavy atom. The van der Waals surface area contributed by atoms with Crippen LogP contribution in [-0.2, 0) is 14.8 Å². The van der Waals surface area contributed by atoms with Gasteiger partial charge >= 0.3 is 0 Å². The van der Waals surface area contributed by atoms with E-state index in [1.54, 1.807) is 7.11 Å². The van der Waals surface area contributed by atoms with Crippen molar-refractivity contribution in [2.45, 2.75) is 36.3 Å². The molecular formula is C12H17N3O5S. The fourth-order valence-corrected chi connectivity index (χ4v) is 3.20. The fourth-order valence-electron chi connectivity index (χ4n) is 2.48. The molecule has 8 nitrogen and oxygen atoms in total. The van der Waals surface area contributed by atoms with Crippen molar-refractivity contribution in [2.75, 3.05) is 12.4 Å². The monoisotopic (exact) mass is 315 g/mol. The standard InChI is InChI=1S/C12H17N3O5S/c1-20-10-4-2-8(6-10)14-11-5-3-9(15(16)17)7-12(11)21(13,18)19/h3,5,7-8,10,14H,2,4,6H2,1H3,(H2,13,18,19). The van der Waals surface area contributed by atoms with E-state index in [4.69, 9.17) is 9.88 Å². The van der Waals surface area contributed by atoms with E-state index in [1.165, 1.54) is 12.1 Å². The van der Waals surface area contributed by atoms with E-state index in [1.807, 2.05) is 0 Å². The average molecular weight is 315 g/mol. The van der Waals surface area contributed by atoms with Gasteiger partial charge in [0.25, 0.3) is 5.69 Å². The third-order valence-corrected chi connectivity index (χ3v) is 4.51. The molecule has 1 aliphatic rings. The van der Waals surface area contributed by atoms with Gasteiger partial charge in [-0.15, -0.1) is 0 Å². The number of anilines is 1. The number of primary sulfonamides is 1. The molecule has 9 heteroatoms. The first-order valence-electron chi connectivity index (χ1n) is 6.42. The van der Waals surface area contributed by atoms with Gasteiger partial charge in [0.05, 0.1) is 16.7 Å². The molecule has 0 aromatic heterocycles. The minimum atomic E-state index is -4.05. The first kappa shape index (κ1) is 15.7. The molecule has 1 saturated carbocycles. The zero-order valence-corrected chi connectivity index (χ0v) is 12.3. The molecule has 0 aliphatic heterocycles. The summed E-state index contributed by atoms with van der Waals surface area (Å²) in [5.41, 5.74) is -0.0318. The van der Waals surface area contributed by atoms with E-state index < -0.39 is 14.9 Å². The SMILES string of the molecule is COC1CCC(Nc2ccc([N+](=O)[O-])cc2S(N)(=O)=O)C1. The van der Waals surface area contributed by atoms with Crippen LogP contribution in [0.25, 0.3) is 0 Å². The van der Waals surface area contributed by atoms with Crippen LogP contribution >= 0.6 is 0 Å². The maximum Gasteiger partial charge on any atom is 0.270 e. The molecule has 1 aromatic carbocycles. The molecule has 1 fully saturated rings. The van der Waals surface area contributed by atoms with Gasteiger partial charge in [-0.3, -0.25) is 10.1 Å². The number of nitrogens with two attached hydrogens (primary N) is 1. The Labute approximate surface area is 122 Å². The molecule has 0 heterocycles. The van der Waals surface area contributed by atoms with E-state index in [0.717, 1.165) is 25.3 Å². The first-order chi connectivity index (χ1) is 9.81. The molecule has 0 radical (unpaired) electrons. The summed E-state index contributed by atoms with van der Waals surface area (Å²) in [4.78, 5) is 9.83. The van der Waals surface area contributed by atoms with Crippen molar-refractivity contribution in [3.63, 3.8) is 0 Å². The number of hydrogen-bond acceptors (Lipinski definition) is 6. The van der Waals surface area contributed by atoms with Crippen molar-refractivity contribution < 1.29 is 18.1 Å². The summed E-state index contributed by atoms with van der Waals surface area (Å²) < 4.78 is 28.5. The van der Waals surface area contributed by atoms with Crippen LogP contribution < -0.4 is 10.5 Å². The molecule has 21 heavy (non-hydrogen) atoms. The third kappa shape index (κ3) is 3.69. The Kier molecular flexibility index (Phi) is 4.45. The van der Waals surface area contributed by atoms with Crippen LogP contribution in [0.4, 0.5) is 11.4 Å². The number of hydrogen-bond donors (Lipinski definition) is 2. The van der Waals surface area contributed by atoms with Crippen molar-refractivity contribution in [1.82, 2.24) is 0 Å². The quantitative estimate of drug-likeness (QED) is 0.621. The summed E-state index contributed by atoms with van der Waals surface area (Å²) in [6.45, 7) is 0. The van der Waals surface area contributed by atoms with Crippen molar-refractivity contribution in [1.29, 1.82) is 0 Å². The largest absolute Gasteiger partial charge is 0.381 e. The van der Waals surface area contributed by atoms with Gasteiger partial charge in [-0.25, -0.2) is 13.6 Å². The number of methoxy groups -OCH3 is 1. The summed E-state index contributed by atoms with van der Waals surface area (Å²) in [7, 11) is -2.41. The molecule has 2 rings (SSSR count). The minimum absolute atomic E-state index is 0.0527. The number of nitrogens with zero attached hydrogens (tertiary/aromatic N) is 1. The number of nitro benzene ring substituents is 1. The number of nitro groups is 1. The predicted molar refractivity (Wildman–Crippen MR) is 76.5 cm³/mol. The molecule has 2 unspecified atom stereocenters. The lowest BCUT2D eigenvalue weighted by Crippen LogP contribution is -2.21. The molecule has 0 amide bonds. The van der Waals surface area contributed by atoms with Crippen LogP contribution in [0.2, 0.25) is 0 Å². The van der Waals surface area contributed by atoms with E-state index in [0.29, 0.717) is 0 Å². The van der Waals surface area contributed by atoms with Gasteiger partial charge < -0.3 is 10.1 Å². The van der Waals surface area contributed by atoms with E-state index in [-0.39, 0.29) is 28.4 Å². The Hall–Kier alpha value is -1.71. The van der Waals surface area contributed by atoms with Gasteiger partial charge in [-0.1, -0.05) is 0 Å². The van der Waals surface area contributed by atoms with Gasteiger partial charge in [-0.05, 0) is 25.3 Å². The van der Waals surface area contributed by atoms with Crippen LogP contribution in [0.1, 0.15) is 19.3 Å². The highest BCUT2D eigenvalue weighted by Crippen LogP contribution is 2.30. The molecule has 1 aliphatic carbocycles. The van der Waals surface area contributed by atoms with E-state index >= 15 is 0 Å². The lowest BCUT2D eigenvalue weighted by Gasteiger charge is -2.16. The Morgan fingerprint density at radius 3 is 2.67 bits per heavy atom. The van der Waals surface area contributed by atoms with Crippen LogP contribution in [0.5, 0.6) is 0 Å². The molecule has 2 atom stereocenters. The molecule has 0 saturated heterocycles. The highest BCUT2D eigenvalue weighted by molar-refractivity contribution is 7.89. The zero-order chi connectivity index (χ0) is 15.6. The molecule has 0 spiro atoms. The van der Waals surface area contributed by atoms with Crippen LogP contribution in [0.15, 0.2) is 23.1 Å². The summed E-state index contributed by atoms with van der Waals surface area (Å²) in [6, 6.07) is 3.65. The molecular weight excluding hydrogens is 298 g/mol. The van der Waals surface area contributed by atoms with Crippen molar-refractivity contribution in [2.24, 2.45) is 5.14 Å². The second kappa shape index (κ2) is 5.96. The van der Waals surface area contributed by atoms with Gasteiger partial charge in [0.15, 0.2) is 0 Å². The van der Waals surface area contributed by atoms with Crippen molar-refractivity contribution >= 4 is 21.4 Å². The summed E-state index contributed by atoms with van der Waals surface area (Å²) in [5.74, 6) is 0. The predicted octanol–water partition coefficient (Wildman–Crippen LogP) is 1.22. The normalized spacial score (nSPS) is 22.2. The average Bonchev–Trinajstić information content (AvgIpc) is 2.85. The maximum atomic E-state index is 11.6. The number of non-ortho nitro benzene ring substituents is 1. The van der Waals surface area contributed by atoms with Gasteiger partial charge in [0.1, 0.15) is 4.90 Å². The molecule has 3 N–H and O–H groups in total. The highest BCUT2D eigenvalue weighted by Gasteiger charge is 2.26. The molecule has 116 valence electrons. The van der Waals surface area contributed by atoms with Crippen molar-refractivity contribution in [3.05, 3.63) is 28.3 Å². The second-order valence-corrected chi connectivity index (χ2v) is 6.52. The topological polar surface area (TPSA) is 125 Å². The number of benzene rings is 1. The Balaban J connectivity index is 2.29. The summed E-state index contributed by atoms with van der Waals surface area (Å²) in [6.07, 6.45) is 2.60. The number of ether oxygens (including phenoxy) is 1. The Bertz CT molecular complexity index is 646.